The highest BCUT2D eigenvalue weighted by Gasteiger charge is 2.17. The lowest BCUT2D eigenvalue weighted by molar-refractivity contribution is -0.163. The predicted molar refractivity (Wildman–Crippen MR) is 298 cm³/mol. The van der Waals surface area contributed by atoms with Gasteiger partial charge in [0.25, 0.3) is 0 Å². The first kappa shape index (κ1) is 65.6. The Bertz CT molecular complexity index is 1170. The zero-order valence-corrected chi connectivity index (χ0v) is 45.6. The van der Waals surface area contributed by atoms with Crippen molar-refractivity contribution in [1.82, 2.24) is 0 Å². The Kier molecular flexibility index (Phi) is 56.8. The first-order chi connectivity index (χ1) is 33.6. The van der Waals surface area contributed by atoms with Crippen molar-refractivity contribution in [3.05, 3.63) is 60.8 Å². The van der Waals surface area contributed by atoms with E-state index in [1.807, 2.05) is 0 Å². The molecule has 0 bridgehead atoms. The summed E-state index contributed by atoms with van der Waals surface area (Å²) in [6.07, 6.45) is 75.3. The topological polar surface area (TPSA) is 61.8 Å². The molecular formula is C63H114O5. The predicted octanol–water partition coefficient (Wildman–Crippen LogP) is 20.5. The van der Waals surface area contributed by atoms with Crippen molar-refractivity contribution in [3.8, 4) is 0 Å². The number of hydrogen-bond donors (Lipinski definition) is 0. The molecule has 0 fully saturated rings. The molecule has 0 aliphatic heterocycles. The Morgan fingerprint density at radius 1 is 0.338 bits per heavy atom. The van der Waals surface area contributed by atoms with Crippen LogP contribution in [-0.2, 0) is 23.8 Å². The maximum atomic E-state index is 12.9. The van der Waals surface area contributed by atoms with Crippen LogP contribution in [-0.4, -0.2) is 37.9 Å². The average Bonchev–Trinajstić information content (AvgIpc) is 3.34. The molecule has 0 aromatic rings. The minimum Gasteiger partial charge on any atom is -0.462 e. The summed E-state index contributed by atoms with van der Waals surface area (Å²) in [5, 5.41) is 0. The first-order valence-electron chi connectivity index (χ1n) is 29.8. The van der Waals surface area contributed by atoms with E-state index in [4.69, 9.17) is 14.2 Å². The van der Waals surface area contributed by atoms with Gasteiger partial charge in [0, 0.05) is 19.4 Å². The molecule has 1 unspecified atom stereocenters. The van der Waals surface area contributed by atoms with E-state index >= 15 is 0 Å². The summed E-state index contributed by atoms with van der Waals surface area (Å²) in [4.78, 5) is 25.5. The van der Waals surface area contributed by atoms with E-state index in [1.165, 1.54) is 180 Å². The van der Waals surface area contributed by atoms with Crippen molar-refractivity contribution in [3.63, 3.8) is 0 Å². The number of unbranched alkanes of at least 4 members (excludes halogenated alkanes) is 34. The molecule has 0 amide bonds. The Morgan fingerprint density at radius 2 is 0.662 bits per heavy atom. The number of esters is 2. The van der Waals surface area contributed by atoms with Gasteiger partial charge in [0.1, 0.15) is 6.61 Å². The minimum absolute atomic E-state index is 0.0764. The molecule has 0 N–H and O–H groups in total. The van der Waals surface area contributed by atoms with Gasteiger partial charge in [0.2, 0.25) is 0 Å². The van der Waals surface area contributed by atoms with E-state index in [0.29, 0.717) is 19.4 Å². The van der Waals surface area contributed by atoms with Gasteiger partial charge in [-0.2, -0.15) is 0 Å². The summed E-state index contributed by atoms with van der Waals surface area (Å²) in [6.45, 7) is 7.72. The van der Waals surface area contributed by atoms with E-state index in [1.54, 1.807) is 0 Å². The lowest BCUT2D eigenvalue weighted by Crippen LogP contribution is -2.30. The van der Waals surface area contributed by atoms with E-state index in [0.717, 1.165) is 89.9 Å². The van der Waals surface area contributed by atoms with Gasteiger partial charge >= 0.3 is 11.9 Å². The molecule has 0 saturated heterocycles. The summed E-state index contributed by atoms with van der Waals surface area (Å²) in [7, 11) is 0. The second-order valence-electron chi connectivity index (χ2n) is 19.9. The Balaban J connectivity index is 4.26. The number of allylic oxidation sites excluding steroid dienone is 10. The van der Waals surface area contributed by atoms with Crippen LogP contribution in [0.15, 0.2) is 60.8 Å². The van der Waals surface area contributed by atoms with Crippen LogP contribution < -0.4 is 0 Å². The van der Waals surface area contributed by atoms with Crippen LogP contribution in [0, 0.1) is 0 Å². The third-order valence-corrected chi connectivity index (χ3v) is 13.0. The SMILES string of the molecule is CC/C=C\C/C=C\C/C=C\CCCCCCCCCC(=O)OCC(COCCCCCCCCCCCCCCCCCCCCCC)OC(=O)CCCCCCC/C=C\C/C=C\CCCCC. The fraction of sp³-hybridized carbons (Fsp3) is 0.810. The third-order valence-electron chi connectivity index (χ3n) is 13.0. The van der Waals surface area contributed by atoms with Crippen LogP contribution in [0.4, 0.5) is 0 Å². The average molecular weight is 952 g/mol. The largest absolute Gasteiger partial charge is 0.462 e. The van der Waals surface area contributed by atoms with Crippen molar-refractivity contribution in [2.45, 2.75) is 309 Å². The van der Waals surface area contributed by atoms with Crippen LogP contribution in [0.3, 0.4) is 0 Å². The van der Waals surface area contributed by atoms with E-state index in [2.05, 4.69) is 81.5 Å². The quantitative estimate of drug-likeness (QED) is 0.0345. The van der Waals surface area contributed by atoms with Crippen molar-refractivity contribution < 1.29 is 23.8 Å². The molecule has 0 heterocycles. The summed E-state index contributed by atoms with van der Waals surface area (Å²) in [6, 6.07) is 0. The normalized spacial score (nSPS) is 12.6. The molecule has 0 aliphatic rings. The number of carbonyl (C=O) groups excluding carboxylic acids is 2. The highest BCUT2D eigenvalue weighted by molar-refractivity contribution is 5.70. The van der Waals surface area contributed by atoms with Crippen LogP contribution in [0.5, 0.6) is 0 Å². The summed E-state index contributed by atoms with van der Waals surface area (Å²) in [5.41, 5.74) is 0. The van der Waals surface area contributed by atoms with Gasteiger partial charge in [0.05, 0.1) is 6.61 Å². The van der Waals surface area contributed by atoms with Crippen molar-refractivity contribution in [2.24, 2.45) is 0 Å². The van der Waals surface area contributed by atoms with Gasteiger partial charge in [-0.25, -0.2) is 0 Å². The maximum Gasteiger partial charge on any atom is 0.306 e. The van der Waals surface area contributed by atoms with Crippen molar-refractivity contribution in [1.29, 1.82) is 0 Å². The Morgan fingerprint density at radius 3 is 1.09 bits per heavy atom. The highest BCUT2D eigenvalue weighted by atomic mass is 16.6. The maximum absolute atomic E-state index is 12.9. The number of rotatable bonds is 55. The fourth-order valence-electron chi connectivity index (χ4n) is 8.62. The molecule has 5 heteroatoms. The van der Waals surface area contributed by atoms with Crippen LogP contribution >= 0.6 is 0 Å². The van der Waals surface area contributed by atoms with E-state index < -0.39 is 6.10 Å². The summed E-state index contributed by atoms with van der Waals surface area (Å²) < 4.78 is 17.5. The van der Waals surface area contributed by atoms with Gasteiger partial charge in [0.15, 0.2) is 6.10 Å². The second-order valence-corrected chi connectivity index (χ2v) is 19.9. The second kappa shape index (κ2) is 58.9. The van der Waals surface area contributed by atoms with Crippen LogP contribution in [0.25, 0.3) is 0 Å². The van der Waals surface area contributed by atoms with Gasteiger partial charge in [-0.3, -0.25) is 9.59 Å². The summed E-state index contributed by atoms with van der Waals surface area (Å²) >= 11 is 0. The molecule has 0 spiro atoms. The first-order valence-corrected chi connectivity index (χ1v) is 29.8. The van der Waals surface area contributed by atoms with Gasteiger partial charge in [-0.1, -0.05) is 268 Å². The lowest BCUT2D eigenvalue weighted by atomic mass is 10.0. The molecule has 5 nitrogen and oxygen atoms in total. The molecule has 0 aliphatic carbocycles. The molecule has 68 heavy (non-hydrogen) atoms. The van der Waals surface area contributed by atoms with Crippen LogP contribution in [0.2, 0.25) is 0 Å². The van der Waals surface area contributed by atoms with Gasteiger partial charge < -0.3 is 14.2 Å². The zero-order chi connectivity index (χ0) is 49.2. The molecule has 0 radical (unpaired) electrons. The smallest absolute Gasteiger partial charge is 0.306 e. The van der Waals surface area contributed by atoms with Crippen LogP contribution in [0.1, 0.15) is 303 Å². The minimum atomic E-state index is -0.547. The lowest BCUT2D eigenvalue weighted by Gasteiger charge is -2.18. The molecule has 396 valence electrons. The number of ether oxygens (including phenoxy) is 3. The Hall–Kier alpha value is -2.40. The summed E-state index contributed by atoms with van der Waals surface area (Å²) in [5.74, 6) is -0.411. The molecule has 1 atom stereocenters. The molecular weight excluding hydrogens is 837 g/mol. The van der Waals surface area contributed by atoms with Gasteiger partial charge in [-0.15, -0.1) is 0 Å². The molecule has 0 rings (SSSR count). The third kappa shape index (κ3) is 56.2. The standard InChI is InChI=1S/C63H114O5/c1-4-7-10-13-16-19-22-25-28-30-31-32-34-37-40-43-46-49-52-55-58-66-59-61(68-63(65)57-54-51-48-45-42-39-35-27-24-21-18-15-12-9-6-3)60-67-62(64)56-53-50-47-44-41-38-36-33-29-26-23-20-17-14-11-8-5-2/h8,11,17-18,20-21,26-27,29,35,61H,4-7,9-10,12-16,19,22-25,28,30-34,36-60H2,1-3H3/b11-8-,20-17-,21-18-,29-26-,35-27-. The van der Waals surface area contributed by atoms with Crippen molar-refractivity contribution in [2.75, 3.05) is 19.8 Å². The van der Waals surface area contributed by atoms with E-state index in [-0.39, 0.29) is 25.2 Å². The molecule has 0 aromatic heterocycles. The van der Waals surface area contributed by atoms with Crippen molar-refractivity contribution >= 4 is 11.9 Å². The van der Waals surface area contributed by atoms with Gasteiger partial charge in [-0.05, 0) is 83.5 Å². The zero-order valence-electron chi connectivity index (χ0n) is 45.6. The Labute approximate surface area is 424 Å². The number of hydrogen-bond acceptors (Lipinski definition) is 5. The number of carbonyl (C=O) groups is 2. The monoisotopic (exact) mass is 951 g/mol. The van der Waals surface area contributed by atoms with E-state index in [9.17, 15) is 9.59 Å². The highest BCUT2D eigenvalue weighted by Crippen LogP contribution is 2.16. The fourth-order valence-corrected chi connectivity index (χ4v) is 8.62. The molecule has 0 saturated carbocycles. The molecule has 0 aromatic carbocycles.